The van der Waals surface area contributed by atoms with Gasteiger partial charge in [0.2, 0.25) is 0 Å². The van der Waals surface area contributed by atoms with E-state index in [4.69, 9.17) is 21.1 Å². The van der Waals surface area contributed by atoms with Gasteiger partial charge in [-0.1, -0.05) is 29.8 Å². The molecule has 0 amide bonds. The monoisotopic (exact) mass is 303 g/mol. The number of hydrogen-bond donors (Lipinski definition) is 1. The van der Waals surface area contributed by atoms with E-state index < -0.39 is 0 Å². The number of ether oxygens (including phenoxy) is 2. The summed E-state index contributed by atoms with van der Waals surface area (Å²) in [6.45, 7) is 0.907. The van der Waals surface area contributed by atoms with Crippen LogP contribution in [0, 0.1) is 0 Å². The highest BCUT2D eigenvalue weighted by Crippen LogP contribution is 2.39. The van der Waals surface area contributed by atoms with E-state index in [1.54, 1.807) is 14.2 Å². The third-order valence-corrected chi connectivity index (χ3v) is 4.17. The first kappa shape index (κ1) is 14.2. The van der Waals surface area contributed by atoms with Gasteiger partial charge in [0.25, 0.3) is 0 Å². The van der Waals surface area contributed by atoms with Gasteiger partial charge in [0.15, 0.2) is 11.5 Å². The second-order valence-corrected chi connectivity index (χ2v) is 5.49. The summed E-state index contributed by atoms with van der Waals surface area (Å²) >= 11 is 5.98. The van der Waals surface area contributed by atoms with Crippen LogP contribution in [0.2, 0.25) is 5.02 Å². The van der Waals surface area contributed by atoms with Gasteiger partial charge < -0.3 is 14.8 Å². The van der Waals surface area contributed by atoms with Crippen LogP contribution in [0.3, 0.4) is 0 Å². The van der Waals surface area contributed by atoms with Crippen molar-refractivity contribution in [2.45, 2.75) is 12.5 Å². The number of methoxy groups -OCH3 is 2. The number of fused-ring (bicyclic) bond motifs is 1. The molecule has 0 aromatic heterocycles. The fourth-order valence-corrected chi connectivity index (χ4v) is 3.06. The van der Waals surface area contributed by atoms with E-state index in [9.17, 15) is 0 Å². The molecule has 1 atom stereocenters. The molecule has 1 aliphatic heterocycles. The van der Waals surface area contributed by atoms with Crippen molar-refractivity contribution >= 4 is 11.6 Å². The predicted molar refractivity (Wildman–Crippen MR) is 84.5 cm³/mol. The van der Waals surface area contributed by atoms with Crippen LogP contribution in [0.4, 0.5) is 0 Å². The number of hydrogen-bond acceptors (Lipinski definition) is 3. The van der Waals surface area contributed by atoms with Crippen molar-refractivity contribution in [2.75, 3.05) is 20.8 Å². The summed E-state index contributed by atoms with van der Waals surface area (Å²) in [7, 11) is 3.36. The van der Waals surface area contributed by atoms with Crippen LogP contribution < -0.4 is 14.8 Å². The average molecular weight is 304 g/mol. The first-order valence-corrected chi connectivity index (χ1v) is 7.35. The summed E-state index contributed by atoms with van der Waals surface area (Å²) in [6.07, 6.45) is 0.930. The van der Waals surface area contributed by atoms with Gasteiger partial charge in [-0.3, -0.25) is 0 Å². The average Bonchev–Trinajstić information content (AvgIpc) is 2.53. The fraction of sp³-hybridized carbons (Fsp3) is 0.294. The Kier molecular flexibility index (Phi) is 4.04. The van der Waals surface area contributed by atoms with Crippen molar-refractivity contribution in [2.24, 2.45) is 0 Å². The van der Waals surface area contributed by atoms with Crippen LogP contribution in [0.5, 0.6) is 11.5 Å². The van der Waals surface area contributed by atoms with Crippen LogP contribution in [0.1, 0.15) is 22.7 Å². The number of benzene rings is 2. The maximum atomic E-state index is 5.98. The summed E-state index contributed by atoms with van der Waals surface area (Å²) in [6, 6.07) is 12.2. The minimum Gasteiger partial charge on any atom is -0.493 e. The summed E-state index contributed by atoms with van der Waals surface area (Å²) < 4.78 is 11.0. The predicted octanol–water partition coefficient (Wildman–Crippen LogP) is 3.59. The van der Waals surface area contributed by atoms with Crippen LogP contribution in [-0.4, -0.2) is 20.8 Å². The normalized spacial score (nSPS) is 17.2. The lowest BCUT2D eigenvalue weighted by molar-refractivity contribution is 0.348. The Morgan fingerprint density at radius 2 is 1.81 bits per heavy atom. The molecule has 0 saturated carbocycles. The van der Waals surface area contributed by atoms with E-state index in [0.29, 0.717) is 0 Å². The molecule has 3 nitrogen and oxygen atoms in total. The van der Waals surface area contributed by atoms with Crippen molar-refractivity contribution in [1.29, 1.82) is 0 Å². The Morgan fingerprint density at radius 3 is 2.48 bits per heavy atom. The van der Waals surface area contributed by atoms with Crippen molar-refractivity contribution in [1.82, 2.24) is 5.32 Å². The molecule has 0 radical (unpaired) electrons. The second-order valence-electron chi connectivity index (χ2n) is 5.06. The smallest absolute Gasteiger partial charge is 0.164 e. The molecule has 1 heterocycles. The van der Waals surface area contributed by atoms with Gasteiger partial charge in [0, 0.05) is 17.1 Å². The number of rotatable bonds is 3. The first-order valence-electron chi connectivity index (χ1n) is 6.97. The Hall–Kier alpha value is -1.71. The molecule has 1 unspecified atom stereocenters. The van der Waals surface area contributed by atoms with E-state index in [1.807, 2.05) is 18.2 Å². The molecule has 2 aromatic rings. The van der Waals surface area contributed by atoms with Crippen molar-refractivity contribution in [3.63, 3.8) is 0 Å². The van der Waals surface area contributed by atoms with Crippen LogP contribution >= 0.6 is 11.6 Å². The van der Waals surface area contributed by atoms with Gasteiger partial charge in [-0.05, 0) is 35.7 Å². The van der Waals surface area contributed by atoms with Gasteiger partial charge in [0.1, 0.15) is 0 Å². The van der Waals surface area contributed by atoms with E-state index in [2.05, 4.69) is 23.5 Å². The van der Waals surface area contributed by atoms with Crippen LogP contribution in [0.25, 0.3) is 0 Å². The molecule has 0 bridgehead atoms. The molecule has 0 saturated heterocycles. The zero-order valence-corrected chi connectivity index (χ0v) is 12.9. The summed E-state index contributed by atoms with van der Waals surface area (Å²) in [5.74, 6) is 1.63. The fourth-order valence-electron chi connectivity index (χ4n) is 2.94. The Balaban J connectivity index is 2.08. The number of halogens is 1. The molecule has 2 aromatic carbocycles. The quantitative estimate of drug-likeness (QED) is 0.940. The van der Waals surface area contributed by atoms with Crippen molar-refractivity contribution in [3.05, 3.63) is 58.1 Å². The second kappa shape index (κ2) is 5.96. The molecular weight excluding hydrogens is 286 g/mol. The molecule has 4 heteroatoms. The minimum atomic E-state index is 0.158. The number of nitrogens with one attached hydrogen (secondary N) is 1. The van der Waals surface area contributed by atoms with E-state index in [1.165, 1.54) is 16.7 Å². The highest BCUT2D eigenvalue weighted by molar-refractivity contribution is 6.30. The maximum absolute atomic E-state index is 5.98. The van der Waals surface area contributed by atoms with Crippen molar-refractivity contribution in [3.8, 4) is 11.5 Å². The molecular formula is C17H18ClNO2. The molecule has 0 spiro atoms. The standard InChI is InChI=1S/C17H18ClNO2/c1-20-15-8-7-13-14(17(15)21-2)9-10-19-16(13)11-3-5-12(18)6-4-11/h3-8,16,19H,9-10H2,1-2H3. The van der Waals surface area contributed by atoms with E-state index in [-0.39, 0.29) is 6.04 Å². The van der Waals surface area contributed by atoms with E-state index >= 15 is 0 Å². The largest absolute Gasteiger partial charge is 0.493 e. The van der Waals surface area contributed by atoms with Gasteiger partial charge in [-0.15, -0.1) is 0 Å². The van der Waals surface area contributed by atoms with Crippen LogP contribution in [0.15, 0.2) is 36.4 Å². The highest BCUT2D eigenvalue weighted by atomic mass is 35.5. The zero-order chi connectivity index (χ0) is 14.8. The molecule has 0 fully saturated rings. The molecule has 110 valence electrons. The topological polar surface area (TPSA) is 30.5 Å². The molecule has 1 N–H and O–H groups in total. The Bertz CT molecular complexity index is 640. The van der Waals surface area contributed by atoms with Gasteiger partial charge in [-0.2, -0.15) is 0 Å². The Morgan fingerprint density at radius 1 is 1.05 bits per heavy atom. The third kappa shape index (κ3) is 2.59. The SMILES string of the molecule is COc1ccc2c(c1OC)CCNC2c1ccc(Cl)cc1. The molecule has 0 aliphatic carbocycles. The summed E-state index contributed by atoms with van der Waals surface area (Å²) in [4.78, 5) is 0. The van der Waals surface area contributed by atoms with Gasteiger partial charge in [-0.25, -0.2) is 0 Å². The van der Waals surface area contributed by atoms with Crippen LogP contribution in [-0.2, 0) is 6.42 Å². The Labute approximate surface area is 129 Å². The maximum Gasteiger partial charge on any atom is 0.164 e. The summed E-state index contributed by atoms with van der Waals surface area (Å²) in [5.41, 5.74) is 3.66. The van der Waals surface area contributed by atoms with Gasteiger partial charge in [0.05, 0.1) is 20.3 Å². The zero-order valence-electron chi connectivity index (χ0n) is 12.2. The lowest BCUT2D eigenvalue weighted by Gasteiger charge is -2.29. The summed E-state index contributed by atoms with van der Waals surface area (Å²) in [5, 5.41) is 4.31. The lowest BCUT2D eigenvalue weighted by Crippen LogP contribution is -2.30. The molecule has 3 rings (SSSR count). The minimum absolute atomic E-state index is 0.158. The van der Waals surface area contributed by atoms with E-state index in [0.717, 1.165) is 29.5 Å². The highest BCUT2D eigenvalue weighted by Gasteiger charge is 2.25. The lowest BCUT2D eigenvalue weighted by atomic mass is 9.89. The van der Waals surface area contributed by atoms with Crippen molar-refractivity contribution < 1.29 is 9.47 Å². The van der Waals surface area contributed by atoms with Gasteiger partial charge >= 0.3 is 0 Å². The molecule has 21 heavy (non-hydrogen) atoms. The third-order valence-electron chi connectivity index (χ3n) is 3.92. The first-order chi connectivity index (χ1) is 10.2. The molecule has 1 aliphatic rings.